The molecule has 9 aromatic carbocycles. The molecule has 1 aliphatic carbocycles. The highest BCUT2D eigenvalue weighted by atomic mass is 15.0. The fourth-order valence-electron chi connectivity index (χ4n) is 9.20. The molecule has 0 fully saturated rings. The largest absolute Gasteiger partial charge is 0.208 e. The Morgan fingerprint density at radius 3 is 1.23 bits per heavy atom. The van der Waals surface area contributed by atoms with E-state index in [0.29, 0.717) is 17.5 Å². The first-order valence-electron chi connectivity index (χ1n) is 20.8. The third-order valence-corrected chi connectivity index (χ3v) is 12.0. The fourth-order valence-corrected chi connectivity index (χ4v) is 9.20. The molecule has 3 nitrogen and oxygen atoms in total. The van der Waals surface area contributed by atoms with Crippen LogP contribution in [-0.2, 0) is 5.41 Å². The van der Waals surface area contributed by atoms with Crippen molar-refractivity contribution in [3.8, 4) is 78.7 Å². The molecule has 61 heavy (non-hydrogen) atoms. The van der Waals surface area contributed by atoms with Crippen LogP contribution in [0.2, 0.25) is 0 Å². The van der Waals surface area contributed by atoms with E-state index in [4.69, 9.17) is 15.0 Å². The lowest BCUT2D eigenvalue weighted by Crippen LogP contribution is -2.28. The van der Waals surface area contributed by atoms with Crippen LogP contribution in [0.4, 0.5) is 0 Å². The molecule has 0 N–H and O–H groups in total. The summed E-state index contributed by atoms with van der Waals surface area (Å²) in [5, 5.41) is 0. The Hall–Kier alpha value is -8.01. The van der Waals surface area contributed by atoms with Gasteiger partial charge in [0.2, 0.25) is 0 Å². The summed E-state index contributed by atoms with van der Waals surface area (Å²) in [5.41, 5.74) is 16.7. The van der Waals surface area contributed by atoms with Gasteiger partial charge in [-0.25, -0.2) is 15.0 Å². The second-order valence-electron chi connectivity index (χ2n) is 15.5. The lowest BCUT2D eigenvalue weighted by Gasteiger charge is -2.34. The minimum absolute atomic E-state index is 0.494. The molecule has 1 heterocycles. The van der Waals surface area contributed by atoms with Crippen molar-refractivity contribution in [3.63, 3.8) is 0 Å². The van der Waals surface area contributed by atoms with Crippen LogP contribution in [-0.4, -0.2) is 15.0 Å². The van der Waals surface area contributed by atoms with Crippen LogP contribution in [0.5, 0.6) is 0 Å². The maximum Gasteiger partial charge on any atom is 0.164 e. The Kier molecular flexibility index (Phi) is 9.05. The molecule has 0 bridgehead atoms. The SMILES string of the molecule is c1ccc(-c2ccc(-c3nc(-c4ccccc4)nc(-c4ccc(-c5ccc6c(c5)C(c5ccccc5)(c5ccccc5)c5ccccc5-6)c(-c5ccccc5)c4)n3)cc2)cc1. The molecule has 3 heteroatoms. The zero-order valence-corrected chi connectivity index (χ0v) is 33.4. The lowest BCUT2D eigenvalue weighted by atomic mass is 9.67. The molecule has 11 rings (SSSR count). The van der Waals surface area contributed by atoms with E-state index in [9.17, 15) is 0 Å². The van der Waals surface area contributed by atoms with Crippen molar-refractivity contribution in [2.75, 3.05) is 0 Å². The van der Waals surface area contributed by atoms with E-state index in [1.165, 1.54) is 38.9 Å². The van der Waals surface area contributed by atoms with Crippen LogP contribution in [0, 0.1) is 0 Å². The lowest BCUT2D eigenvalue weighted by molar-refractivity contribution is 0.769. The maximum atomic E-state index is 5.17. The first-order valence-corrected chi connectivity index (χ1v) is 20.8. The quantitative estimate of drug-likeness (QED) is 0.154. The van der Waals surface area contributed by atoms with Gasteiger partial charge in [0.05, 0.1) is 5.41 Å². The summed E-state index contributed by atoms with van der Waals surface area (Å²) in [7, 11) is 0. The molecule has 0 spiro atoms. The number of hydrogen-bond acceptors (Lipinski definition) is 3. The highest BCUT2D eigenvalue weighted by Gasteiger charge is 2.46. The Balaban J connectivity index is 1.09. The van der Waals surface area contributed by atoms with Crippen molar-refractivity contribution in [1.29, 1.82) is 0 Å². The number of rotatable bonds is 8. The van der Waals surface area contributed by atoms with Crippen molar-refractivity contribution in [3.05, 3.63) is 259 Å². The summed E-state index contributed by atoms with van der Waals surface area (Å²) in [6.45, 7) is 0. The van der Waals surface area contributed by atoms with Crippen molar-refractivity contribution < 1.29 is 0 Å². The van der Waals surface area contributed by atoms with E-state index in [1.807, 2.05) is 24.3 Å². The zero-order chi connectivity index (χ0) is 40.6. The molecular weight excluding hydrogens is 739 g/mol. The highest BCUT2D eigenvalue weighted by Crippen LogP contribution is 2.57. The van der Waals surface area contributed by atoms with E-state index in [-0.39, 0.29) is 0 Å². The van der Waals surface area contributed by atoms with E-state index >= 15 is 0 Å². The molecular formula is C58H39N3. The highest BCUT2D eigenvalue weighted by molar-refractivity contribution is 5.92. The number of fused-ring (bicyclic) bond motifs is 3. The molecule has 0 aliphatic heterocycles. The molecule has 1 aromatic heterocycles. The van der Waals surface area contributed by atoms with Crippen LogP contribution in [0.25, 0.3) is 78.7 Å². The van der Waals surface area contributed by atoms with E-state index in [0.717, 1.165) is 44.5 Å². The topological polar surface area (TPSA) is 38.7 Å². The minimum atomic E-state index is -0.494. The van der Waals surface area contributed by atoms with Gasteiger partial charge < -0.3 is 0 Å². The Bertz CT molecular complexity index is 3110. The third kappa shape index (κ3) is 6.35. The van der Waals surface area contributed by atoms with Gasteiger partial charge in [-0.1, -0.05) is 224 Å². The van der Waals surface area contributed by atoms with Crippen LogP contribution < -0.4 is 0 Å². The molecule has 0 unspecified atom stereocenters. The smallest absolute Gasteiger partial charge is 0.164 e. The Morgan fingerprint density at radius 1 is 0.230 bits per heavy atom. The summed E-state index contributed by atoms with van der Waals surface area (Å²) < 4.78 is 0. The monoisotopic (exact) mass is 777 g/mol. The van der Waals surface area contributed by atoms with E-state index in [1.54, 1.807) is 0 Å². The molecule has 1 aliphatic rings. The van der Waals surface area contributed by atoms with Crippen LogP contribution in [0.1, 0.15) is 22.3 Å². The van der Waals surface area contributed by atoms with Crippen molar-refractivity contribution in [2.45, 2.75) is 5.41 Å². The van der Waals surface area contributed by atoms with E-state index < -0.39 is 5.41 Å². The normalized spacial score (nSPS) is 12.4. The second kappa shape index (κ2) is 15.3. The van der Waals surface area contributed by atoms with Crippen molar-refractivity contribution in [1.82, 2.24) is 15.0 Å². The summed E-state index contributed by atoms with van der Waals surface area (Å²) in [4.78, 5) is 15.3. The Labute approximate surface area is 356 Å². The van der Waals surface area contributed by atoms with Crippen LogP contribution in [0.15, 0.2) is 237 Å². The van der Waals surface area contributed by atoms with Gasteiger partial charge in [0.15, 0.2) is 17.5 Å². The van der Waals surface area contributed by atoms with Gasteiger partial charge in [0.25, 0.3) is 0 Å². The number of aromatic nitrogens is 3. The summed E-state index contributed by atoms with van der Waals surface area (Å²) >= 11 is 0. The Morgan fingerprint density at radius 2 is 0.623 bits per heavy atom. The number of benzene rings is 9. The summed E-state index contributed by atoms with van der Waals surface area (Å²) in [6.07, 6.45) is 0. The summed E-state index contributed by atoms with van der Waals surface area (Å²) in [5.74, 6) is 1.89. The molecule has 10 aromatic rings. The van der Waals surface area contributed by atoms with E-state index in [2.05, 4.69) is 212 Å². The van der Waals surface area contributed by atoms with Crippen LogP contribution >= 0.6 is 0 Å². The molecule has 0 saturated heterocycles. The standard InChI is InChI=1S/C58H39N3/c1-6-18-40(19-7-1)41-30-32-44(33-31-41)56-59-55(43-22-10-3-11-23-43)60-57(61-56)46-35-36-49(52(38-46)42-20-8-2-9-21-42)45-34-37-51-50-28-16-17-29-53(50)58(54(51)39-45,47-24-12-4-13-25-47)48-26-14-5-15-27-48/h1-39H. The van der Waals surface area contributed by atoms with Gasteiger partial charge >= 0.3 is 0 Å². The number of hydrogen-bond donors (Lipinski definition) is 0. The molecule has 0 amide bonds. The maximum absolute atomic E-state index is 5.17. The van der Waals surface area contributed by atoms with Crippen molar-refractivity contribution in [2.24, 2.45) is 0 Å². The van der Waals surface area contributed by atoms with Gasteiger partial charge in [0, 0.05) is 16.7 Å². The zero-order valence-electron chi connectivity index (χ0n) is 33.4. The first-order chi connectivity index (χ1) is 30.2. The summed E-state index contributed by atoms with van der Waals surface area (Å²) in [6, 6.07) is 84.3. The molecule has 0 saturated carbocycles. The molecule has 286 valence electrons. The third-order valence-electron chi connectivity index (χ3n) is 12.0. The van der Waals surface area contributed by atoms with Crippen molar-refractivity contribution >= 4 is 0 Å². The van der Waals surface area contributed by atoms with Gasteiger partial charge in [-0.15, -0.1) is 0 Å². The van der Waals surface area contributed by atoms with Crippen LogP contribution in [0.3, 0.4) is 0 Å². The van der Waals surface area contributed by atoms with Gasteiger partial charge in [-0.3, -0.25) is 0 Å². The second-order valence-corrected chi connectivity index (χ2v) is 15.5. The average molecular weight is 778 g/mol. The first kappa shape index (κ1) is 36.1. The van der Waals surface area contributed by atoms with Gasteiger partial charge in [-0.2, -0.15) is 0 Å². The van der Waals surface area contributed by atoms with Gasteiger partial charge in [0.1, 0.15) is 0 Å². The molecule has 0 atom stereocenters. The predicted octanol–water partition coefficient (Wildman–Crippen LogP) is 14.2. The number of nitrogens with zero attached hydrogens (tertiary/aromatic N) is 3. The van der Waals surface area contributed by atoms with Gasteiger partial charge in [-0.05, 0) is 78.9 Å². The molecule has 0 radical (unpaired) electrons. The minimum Gasteiger partial charge on any atom is -0.208 e. The predicted molar refractivity (Wildman–Crippen MR) is 250 cm³/mol. The average Bonchev–Trinajstić information content (AvgIpc) is 3.65. The fraction of sp³-hybridized carbons (Fsp3) is 0.0172.